The molecular formula is C16H18N6. The monoisotopic (exact) mass is 294 g/mol. The molecule has 4 rings (SSSR count). The minimum absolute atomic E-state index is 0.443. The van der Waals surface area contributed by atoms with Gasteiger partial charge in [-0.15, -0.1) is 0 Å². The predicted molar refractivity (Wildman–Crippen MR) is 85.9 cm³/mol. The van der Waals surface area contributed by atoms with Crippen LogP contribution in [0.15, 0.2) is 36.7 Å². The second kappa shape index (κ2) is 5.38. The highest BCUT2D eigenvalue weighted by Gasteiger charge is 2.16. The number of rotatable bonds is 3. The van der Waals surface area contributed by atoms with Crippen LogP contribution in [0.2, 0.25) is 0 Å². The van der Waals surface area contributed by atoms with E-state index in [9.17, 15) is 0 Å². The van der Waals surface area contributed by atoms with Crippen molar-refractivity contribution in [3.05, 3.63) is 42.4 Å². The topological polar surface area (TPSA) is 67.1 Å². The van der Waals surface area contributed by atoms with Gasteiger partial charge in [0, 0.05) is 48.4 Å². The van der Waals surface area contributed by atoms with Gasteiger partial charge in [0.05, 0.1) is 5.69 Å². The summed E-state index contributed by atoms with van der Waals surface area (Å²) in [7, 11) is 0. The number of anilines is 1. The molecule has 2 N–H and O–H groups in total. The van der Waals surface area contributed by atoms with Crippen LogP contribution in [0.5, 0.6) is 0 Å². The molecule has 3 aromatic heterocycles. The van der Waals surface area contributed by atoms with Gasteiger partial charge in [0.1, 0.15) is 5.82 Å². The molecule has 1 saturated heterocycles. The average molecular weight is 294 g/mol. The standard InChI is InChI=1S/C16H18N6/c1-11-8-15(20-13-4-7-18-10-13)22-16(19-11)9-14(21-22)12-2-5-17-6-3-12/h2-3,5-6,8-9,13,18,20H,4,7,10H2,1H3. The van der Waals surface area contributed by atoms with Crippen LogP contribution in [0.25, 0.3) is 16.9 Å². The molecule has 22 heavy (non-hydrogen) atoms. The third kappa shape index (κ3) is 2.42. The fourth-order valence-corrected chi connectivity index (χ4v) is 2.85. The quantitative estimate of drug-likeness (QED) is 0.772. The highest BCUT2D eigenvalue weighted by Crippen LogP contribution is 2.22. The zero-order valence-corrected chi connectivity index (χ0v) is 12.5. The van der Waals surface area contributed by atoms with Gasteiger partial charge in [-0.1, -0.05) is 0 Å². The number of fused-ring (bicyclic) bond motifs is 1. The van der Waals surface area contributed by atoms with Gasteiger partial charge < -0.3 is 10.6 Å². The molecule has 0 amide bonds. The van der Waals surface area contributed by atoms with E-state index < -0.39 is 0 Å². The van der Waals surface area contributed by atoms with Crippen LogP contribution in [-0.4, -0.2) is 38.7 Å². The van der Waals surface area contributed by atoms with Crippen molar-refractivity contribution in [1.29, 1.82) is 0 Å². The molecule has 6 heteroatoms. The minimum atomic E-state index is 0.443. The summed E-state index contributed by atoms with van der Waals surface area (Å²) in [6.07, 6.45) is 4.68. The molecule has 0 spiro atoms. The van der Waals surface area contributed by atoms with E-state index in [1.54, 1.807) is 12.4 Å². The van der Waals surface area contributed by atoms with Crippen LogP contribution in [0.4, 0.5) is 5.82 Å². The van der Waals surface area contributed by atoms with Gasteiger partial charge in [0.25, 0.3) is 0 Å². The zero-order chi connectivity index (χ0) is 14.9. The molecule has 0 bridgehead atoms. The lowest BCUT2D eigenvalue weighted by Crippen LogP contribution is -2.23. The SMILES string of the molecule is Cc1cc(NC2CCNC2)n2nc(-c3ccncc3)cc2n1. The van der Waals surface area contributed by atoms with Crippen molar-refractivity contribution in [1.82, 2.24) is 24.9 Å². The van der Waals surface area contributed by atoms with Gasteiger partial charge in [0.15, 0.2) is 5.65 Å². The number of nitrogens with zero attached hydrogens (tertiary/aromatic N) is 4. The fraction of sp³-hybridized carbons (Fsp3) is 0.312. The Balaban J connectivity index is 1.77. The summed E-state index contributed by atoms with van der Waals surface area (Å²) in [5.74, 6) is 0.997. The molecule has 6 nitrogen and oxygen atoms in total. The third-order valence-corrected chi connectivity index (χ3v) is 3.94. The number of nitrogens with one attached hydrogen (secondary N) is 2. The molecule has 1 fully saturated rings. The van der Waals surface area contributed by atoms with Gasteiger partial charge in [0.2, 0.25) is 0 Å². The van der Waals surface area contributed by atoms with E-state index in [0.29, 0.717) is 6.04 Å². The molecule has 1 atom stereocenters. The van der Waals surface area contributed by atoms with Crippen molar-refractivity contribution in [2.45, 2.75) is 19.4 Å². The highest BCUT2D eigenvalue weighted by atomic mass is 15.3. The van der Waals surface area contributed by atoms with Gasteiger partial charge in [-0.05, 0) is 32.0 Å². The molecule has 112 valence electrons. The molecule has 0 radical (unpaired) electrons. The molecule has 0 aromatic carbocycles. The zero-order valence-electron chi connectivity index (χ0n) is 12.5. The van der Waals surface area contributed by atoms with Crippen LogP contribution in [0.3, 0.4) is 0 Å². The van der Waals surface area contributed by atoms with Crippen LogP contribution >= 0.6 is 0 Å². The van der Waals surface area contributed by atoms with Crippen molar-refractivity contribution in [3.63, 3.8) is 0 Å². The first-order valence-electron chi connectivity index (χ1n) is 7.55. The maximum atomic E-state index is 4.71. The molecule has 0 saturated carbocycles. The Kier molecular flexibility index (Phi) is 3.23. The second-order valence-corrected chi connectivity index (χ2v) is 5.65. The van der Waals surface area contributed by atoms with Crippen molar-refractivity contribution in [2.24, 2.45) is 0 Å². The average Bonchev–Trinajstić information content (AvgIpc) is 3.17. The summed E-state index contributed by atoms with van der Waals surface area (Å²) in [6, 6.07) is 8.43. The van der Waals surface area contributed by atoms with E-state index in [-0.39, 0.29) is 0 Å². The summed E-state index contributed by atoms with van der Waals surface area (Å²) < 4.78 is 1.89. The maximum absolute atomic E-state index is 4.71. The van der Waals surface area contributed by atoms with Crippen molar-refractivity contribution in [2.75, 3.05) is 18.4 Å². The Labute approximate surface area is 128 Å². The Hall–Kier alpha value is -2.47. The molecule has 1 unspecified atom stereocenters. The first-order chi connectivity index (χ1) is 10.8. The number of pyridine rings is 1. The van der Waals surface area contributed by atoms with Crippen molar-refractivity contribution in [3.8, 4) is 11.3 Å². The Morgan fingerprint density at radius 1 is 1.27 bits per heavy atom. The lowest BCUT2D eigenvalue weighted by Gasteiger charge is -2.14. The molecule has 1 aliphatic rings. The molecule has 4 heterocycles. The number of aryl methyl sites for hydroxylation is 1. The summed E-state index contributed by atoms with van der Waals surface area (Å²) in [6.45, 7) is 4.06. The van der Waals surface area contributed by atoms with Gasteiger partial charge in [-0.3, -0.25) is 4.98 Å². The second-order valence-electron chi connectivity index (χ2n) is 5.65. The van der Waals surface area contributed by atoms with Gasteiger partial charge in [-0.2, -0.15) is 9.61 Å². The maximum Gasteiger partial charge on any atom is 0.158 e. The molecule has 1 aliphatic heterocycles. The van der Waals surface area contributed by atoms with Crippen LogP contribution in [-0.2, 0) is 0 Å². The van der Waals surface area contributed by atoms with Crippen molar-refractivity contribution < 1.29 is 0 Å². The summed E-state index contributed by atoms with van der Waals surface area (Å²) in [5, 5.41) is 11.7. The van der Waals surface area contributed by atoms with Gasteiger partial charge >= 0.3 is 0 Å². The highest BCUT2D eigenvalue weighted by molar-refractivity contribution is 5.65. The number of hydrogen-bond donors (Lipinski definition) is 2. The van der Waals surface area contributed by atoms with E-state index in [4.69, 9.17) is 5.10 Å². The Morgan fingerprint density at radius 2 is 2.14 bits per heavy atom. The van der Waals surface area contributed by atoms with E-state index in [0.717, 1.165) is 47.9 Å². The summed E-state index contributed by atoms with van der Waals surface area (Å²) in [5.41, 5.74) is 3.81. The lowest BCUT2D eigenvalue weighted by atomic mass is 10.2. The lowest BCUT2D eigenvalue weighted by molar-refractivity contribution is 0.774. The van der Waals surface area contributed by atoms with E-state index >= 15 is 0 Å². The van der Waals surface area contributed by atoms with E-state index in [1.807, 2.05) is 29.6 Å². The normalized spacial score (nSPS) is 18.0. The first-order valence-corrected chi connectivity index (χ1v) is 7.55. The van der Waals surface area contributed by atoms with Crippen LogP contribution in [0, 0.1) is 6.92 Å². The Bertz CT molecular complexity index is 789. The van der Waals surface area contributed by atoms with E-state index in [2.05, 4.69) is 26.7 Å². The molecule has 0 aliphatic carbocycles. The third-order valence-electron chi connectivity index (χ3n) is 3.94. The largest absolute Gasteiger partial charge is 0.366 e. The van der Waals surface area contributed by atoms with Crippen LogP contribution < -0.4 is 10.6 Å². The van der Waals surface area contributed by atoms with Crippen LogP contribution in [0.1, 0.15) is 12.1 Å². The summed E-state index contributed by atoms with van der Waals surface area (Å²) >= 11 is 0. The predicted octanol–water partition coefficient (Wildman–Crippen LogP) is 1.87. The van der Waals surface area contributed by atoms with E-state index in [1.165, 1.54) is 0 Å². The molecule has 3 aromatic rings. The first kappa shape index (κ1) is 13.2. The Morgan fingerprint density at radius 3 is 2.91 bits per heavy atom. The fourth-order valence-electron chi connectivity index (χ4n) is 2.85. The summed E-state index contributed by atoms with van der Waals surface area (Å²) in [4.78, 5) is 8.64. The smallest absolute Gasteiger partial charge is 0.158 e. The van der Waals surface area contributed by atoms with Crippen molar-refractivity contribution >= 4 is 11.5 Å². The molecular weight excluding hydrogens is 276 g/mol. The minimum Gasteiger partial charge on any atom is -0.366 e. The van der Waals surface area contributed by atoms with Gasteiger partial charge in [-0.25, -0.2) is 4.98 Å². The number of aromatic nitrogens is 4. The number of hydrogen-bond acceptors (Lipinski definition) is 5.